The second-order valence-corrected chi connectivity index (χ2v) is 7.91. The average Bonchev–Trinajstić information content (AvgIpc) is 2.74. The van der Waals surface area contributed by atoms with E-state index >= 15 is 0 Å². The lowest BCUT2D eigenvalue weighted by Gasteiger charge is -2.09. The summed E-state index contributed by atoms with van der Waals surface area (Å²) in [7, 11) is -2.22. The molecule has 2 N–H and O–H groups in total. The summed E-state index contributed by atoms with van der Waals surface area (Å²) in [4.78, 5) is 12.0. The first-order valence-electron chi connectivity index (χ1n) is 8.87. The number of nitrogens with one attached hydrogen (secondary N) is 2. The highest BCUT2D eigenvalue weighted by Crippen LogP contribution is 2.20. The molecule has 8 heteroatoms. The third-order valence-electron chi connectivity index (χ3n) is 4.07. The number of carbonyl (C=O) groups is 1. The Morgan fingerprint density at radius 3 is 2.10 bits per heavy atom. The van der Waals surface area contributed by atoms with Crippen LogP contribution in [0.5, 0.6) is 5.75 Å². The zero-order chi connectivity index (χ0) is 21.6. The highest BCUT2D eigenvalue weighted by Gasteiger charge is 2.13. The van der Waals surface area contributed by atoms with Gasteiger partial charge in [0.15, 0.2) is 0 Å². The summed E-state index contributed by atoms with van der Waals surface area (Å²) in [6.45, 7) is 0. The molecule has 30 heavy (non-hydrogen) atoms. The lowest BCUT2D eigenvalue weighted by Crippen LogP contribution is -2.12. The predicted octanol–water partition coefficient (Wildman–Crippen LogP) is 4.29. The van der Waals surface area contributed by atoms with Crippen LogP contribution in [-0.2, 0) is 14.8 Å². The van der Waals surface area contributed by atoms with E-state index in [4.69, 9.17) is 4.74 Å². The molecule has 1 amide bonds. The van der Waals surface area contributed by atoms with Gasteiger partial charge in [-0.1, -0.05) is 12.1 Å². The second-order valence-electron chi connectivity index (χ2n) is 6.23. The normalized spacial score (nSPS) is 11.3. The molecule has 0 aliphatic carbocycles. The molecule has 0 saturated carbocycles. The van der Waals surface area contributed by atoms with Crippen LogP contribution in [0.3, 0.4) is 0 Å². The van der Waals surface area contributed by atoms with Gasteiger partial charge >= 0.3 is 0 Å². The average molecular weight is 426 g/mol. The highest BCUT2D eigenvalue weighted by molar-refractivity contribution is 7.92. The van der Waals surface area contributed by atoms with Gasteiger partial charge < -0.3 is 10.1 Å². The first-order chi connectivity index (χ1) is 14.4. The first-order valence-corrected chi connectivity index (χ1v) is 10.4. The molecule has 0 aromatic heterocycles. The van der Waals surface area contributed by atoms with E-state index in [1.54, 1.807) is 42.5 Å². The molecule has 0 aliphatic rings. The summed E-state index contributed by atoms with van der Waals surface area (Å²) in [6, 6.07) is 18.0. The van der Waals surface area contributed by atoms with Gasteiger partial charge in [-0.25, -0.2) is 12.8 Å². The molecule has 0 saturated heterocycles. The maximum absolute atomic E-state index is 12.9. The van der Waals surface area contributed by atoms with Crippen molar-refractivity contribution in [2.45, 2.75) is 4.90 Å². The fraction of sp³-hybridized carbons (Fsp3) is 0.0455. The number of halogens is 1. The number of benzene rings is 3. The van der Waals surface area contributed by atoms with Crippen molar-refractivity contribution >= 4 is 33.4 Å². The van der Waals surface area contributed by atoms with Crippen LogP contribution < -0.4 is 14.8 Å². The van der Waals surface area contributed by atoms with Crippen LogP contribution >= 0.6 is 0 Å². The molecule has 0 bridgehead atoms. The smallest absolute Gasteiger partial charge is 0.261 e. The molecule has 0 spiro atoms. The van der Waals surface area contributed by atoms with E-state index in [0.29, 0.717) is 22.7 Å². The molecule has 6 nitrogen and oxygen atoms in total. The second kappa shape index (κ2) is 9.23. The molecule has 0 fully saturated rings. The maximum Gasteiger partial charge on any atom is 0.261 e. The Balaban J connectivity index is 1.63. The molecular weight excluding hydrogens is 407 g/mol. The monoisotopic (exact) mass is 426 g/mol. The standard InChI is InChI=1S/C22H19FN2O4S/c1-29-20-11-9-19(10-12-20)25-30(27,28)21-13-2-16(3-14-21)4-15-22(26)24-18-7-5-17(23)6-8-18/h2-15,25H,1H3,(H,24,26)/b15-4+. The summed E-state index contributed by atoms with van der Waals surface area (Å²) in [6.07, 6.45) is 2.86. The largest absolute Gasteiger partial charge is 0.497 e. The number of sulfonamides is 1. The number of hydrogen-bond acceptors (Lipinski definition) is 4. The van der Waals surface area contributed by atoms with Crippen molar-refractivity contribution in [2.24, 2.45) is 0 Å². The summed E-state index contributed by atoms with van der Waals surface area (Å²) in [5.74, 6) is -0.155. The van der Waals surface area contributed by atoms with E-state index in [2.05, 4.69) is 10.0 Å². The van der Waals surface area contributed by atoms with E-state index in [1.165, 1.54) is 49.6 Å². The van der Waals surface area contributed by atoms with Crippen molar-refractivity contribution in [3.05, 3.63) is 90.3 Å². The Bertz CT molecular complexity index is 1140. The van der Waals surface area contributed by atoms with Crippen LogP contribution in [0.2, 0.25) is 0 Å². The molecule has 3 aromatic carbocycles. The van der Waals surface area contributed by atoms with E-state index < -0.39 is 10.0 Å². The van der Waals surface area contributed by atoms with E-state index in [9.17, 15) is 17.6 Å². The number of rotatable bonds is 7. The van der Waals surface area contributed by atoms with E-state index in [0.717, 1.165) is 0 Å². The minimum absolute atomic E-state index is 0.0891. The lowest BCUT2D eigenvalue weighted by atomic mass is 10.2. The first kappa shape index (κ1) is 21.1. The van der Waals surface area contributed by atoms with Crippen LogP contribution in [0.1, 0.15) is 5.56 Å². The predicted molar refractivity (Wildman–Crippen MR) is 114 cm³/mol. The minimum atomic E-state index is -3.75. The van der Waals surface area contributed by atoms with Crippen LogP contribution in [0.4, 0.5) is 15.8 Å². The third kappa shape index (κ3) is 5.68. The molecule has 0 unspecified atom stereocenters. The Morgan fingerprint density at radius 2 is 1.50 bits per heavy atom. The topological polar surface area (TPSA) is 84.5 Å². The van der Waals surface area contributed by atoms with Crippen LogP contribution in [0.15, 0.2) is 83.8 Å². The molecule has 0 aliphatic heterocycles. The summed E-state index contributed by atoms with van der Waals surface area (Å²) >= 11 is 0. The summed E-state index contributed by atoms with van der Waals surface area (Å²) < 4.78 is 45.4. The molecule has 3 rings (SSSR count). The van der Waals surface area contributed by atoms with E-state index in [-0.39, 0.29) is 16.6 Å². The van der Waals surface area contributed by atoms with E-state index in [1.807, 2.05) is 0 Å². The molecular formula is C22H19FN2O4S. The van der Waals surface area contributed by atoms with Crippen molar-refractivity contribution in [3.8, 4) is 5.75 Å². The number of hydrogen-bond donors (Lipinski definition) is 2. The van der Waals surface area contributed by atoms with Gasteiger partial charge in [0.2, 0.25) is 5.91 Å². The van der Waals surface area contributed by atoms with Gasteiger partial charge in [0.05, 0.1) is 12.0 Å². The molecule has 0 atom stereocenters. The van der Waals surface area contributed by atoms with Gasteiger partial charge in [0.25, 0.3) is 10.0 Å². The van der Waals surface area contributed by atoms with Crippen LogP contribution in [0.25, 0.3) is 6.08 Å². The zero-order valence-electron chi connectivity index (χ0n) is 16.0. The Hall–Kier alpha value is -3.65. The molecule has 154 valence electrons. The summed E-state index contributed by atoms with van der Waals surface area (Å²) in [5.41, 5.74) is 1.53. The van der Waals surface area contributed by atoms with Crippen molar-refractivity contribution < 1.29 is 22.3 Å². The molecule has 0 radical (unpaired) electrons. The van der Waals surface area contributed by atoms with Gasteiger partial charge in [0, 0.05) is 17.5 Å². The van der Waals surface area contributed by atoms with Crippen LogP contribution in [0, 0.1) is 5.82 Å². The number of anilines is 2. The lowest BCUT2D eigenvalue weighted by molar-refractivity contribution is -0.111. The molecule has 3 aromatic rings. The fourth-order valence-corrected chi connectivity index (χ4v) is 3.58. The van der Waals surface area contributed by atoms with Gasteiger partial charge in [-0.05, 0) is 72.3 Å². The Labute approximate surface area is 174 Å². The van der Waals surface area contributed by atoms with Crippen molar-refractivity contribution in [2.75, 3.05) is 17.1 Å². The fourth-order valence-electron chi connectivity index (χ4n) is 2.52. The highest BCUT2D eigenvalue weighted by atomic mass is 32.2. The van der Waals surface area contributed by atoms with Crippen molar-refractivity contribution in [3.63, 3.8) is 0 Å². The zero-order valence-corrected chi connectivity index (χ0v) is 16.8. The number of ether oxygens (including phenoxy) is 1. The summed E-state index contributed by atoms with van der Waals surface area (Å²) in [5, 5.41) is 2.60. The third-order valence-corrected chi connectivity index (χ3v) is 5.47. The number of amides is 1. The van der Waals surface area contributed by atoms with Gasteiger partial charge in [-0.2, -0.15) is 0 Å². The number of carbonyl (C=O) groups excluding carboxylic acids is 1. The number of methoxy groups -OCH3 is 1. The van der Waals surface area contributed by atoms with Crippen LogP contribution in [-0.4, -0.2) is 21.4 Å². The minimum Gasteiger partial charge on any atom is -0.497 e. The maximum atomic E-state index is 12.9. The Kier molecular flexibility index (Phi) is 6.48. The van der Waals surface area contributed by atoms with Gasteiger partial charge in [-0.15, -0.1) is 0 Å². The van der Waals surface area contributed by atoms with Crippen molar-refractivity contribution in [1.82, 2.24) is 0 Å². The van der Waals surface area contributed by atoms with Gasteiger partial charge in [0.1, 0.15) is 11.6 Å². The Morgan fingerprint density at radius 1 is 0.900 bits per heavy atom. The molecule has 0 heterocycles. The van der Waals surface area contributed by atoms with Gasteiger partial charge in [-0.3, -0.25) is 9.52 Å². The SMILES string of the molecule is COc1ccc(NS(=O)(=O)c2ccc(/C=C/C(=O)Nc3ccc(F)cc3)cc2)cc1. The van der Waals surface area contributed by atoms with Crippen molar-refractivity contribution in [1.29, 1.82) is 0 Å². The quantitative estimate of drug-likeness (QED) is 0.552.